The molecule has 4 heteroatoms. The third kappa shape index (κ3) is 1.46. The number of piperidine rings is 1. The van der Waals surface area contributed by atoms with Gasteiger partial charge in [0.2, 0.25) is 0 Å². The summed E-state index contributed by atoms with van der Waals surface area (Å²) >= 11 is 0. The fourth-order valence-electron chi connectivity index (χ4n) is 6.80. The van der Waals surface area contributed by atoms with E-state index < -0.39 is 0 Å². The van der Waals surface area contributed by atoms with Gasteiger partial charge in [-0.15, -0.1) is 0 Å². The molecule has 1 N–H and O–H groups in total. The summed E-state index contributed by atoms with van der Waals surface area (Å²) in [5.41, 5.74) is 0. The summed E-state index contributed by atoms with van der Waals surface area (Å²) in [6, 6.07) is 2.56. The van der Waals surface area contributed by atoms with Gasteiger partial charge in [0.25, 0.3) is 0 Å². The van der Waals surface area contributed by atoms with E-state index in [1.165, 1.54) is 44.9 Å². The predicted molar refractivity (Wildman–Crippen MR) is 78.1 cm³/mol. The Labute approximate surface area is 126 Å². The highest BCUT2D eigenvalue weighted by Gasteiger charge is 2.65. The Balaban J connectivity index is 1.49. The Morgan fingerprint density at radius 1 is 0.714 bits per heavy atom. The third-order valence-electron chi connectivity index (χ3n) is 7.34. The maximum atomic E-state index is 6.63. The van der Waals surface area contributed by atoms with Crippen molar-refractivity contribution >= 4 is 0 Å². The lowest BCUT2D eigenvalue weighted by Gasteiger charge is -2.59. The SMILES string of the molecule is C1CC2OC3CCCC4C5NCCC6OC(C1)C2N(C34)C65. The first-order valence-corrected chi connectivity index (χ1v) is 9.23. The van der Waals surface area contributed by atoms with Crippen LogP contribution in [0.4, 0.5) is 0 Å². The molecule has 4 aliphatic heterocycles. The second kappa shape index (κ2) is 4.22. The summed E-state index contributed by atoms with van der Waals surface area (Å²) in [4.78, 5) is 2.94. The van der Waals surface area contributed by atoms with E-state index in [0.29, 0.717) is 48.6 Å². The molecule has 4 nitrogen and oxygen atoms in total. The lowest BCUT2D eigenvalue weighted by atomic mass is 9.77. The van der Waals surface area contributed by atoms with Crippen molar-refractivity contribution in [2.45, 2.75) is 93.5 Å². The number of rotatable bonds is 0. The van der Waals surface area contributed by atoms with Crippen molar-refractivity contribution in [3.05, 3.63) is 0 Å². The van der Waals surface area contributed by atoms with Crippen molar-refractivity contribution in [1.82, 2.24) is 10.2 Å². The first kappa shape index (κ1) is 12.3. The zero-order valence-corrected chi connectivity index (χ0v) is 12.6. The largest absolute Gasteiger partial charge is 0.372 e. The molecule has 0 amide bonds. The first-order chi connectivity index (χ1) is 10.4. The molecule has 0 aromatic carbocycles. The van der Waals surface area contributed by atoms with Crippen molar-refractivity contribution in [1.29, 1.82) is 0 Å². The number of hydrogen-bond acceptors (Lipinski definition) is 4. The summed E-state index contributed by atoms with van der Waals surface area (Å²) in [6.45, 7) is 1.15. The van der Waals surface area contributed by atoms with E-state index in [9.17, 15) is 0 Å². The second-order valence-electron chi connectivity index (χ2n) is 8.14. The molecule has 0 spiro atoms. The predicted octanol–water partition coefficient (Wildman–Crippen LogP) is 1.29. The molecule has 6 aliphatic rings. The molecule has 9 atom stereocenters. The summed E-state index contributed by atoms with van der Waals surface area (Å²) in [5, 5.41) is 3.87. The molecule has 0 aromatic rings. The van der Waals surface area contributed by atoms with Crippen molar-refractivity contribution < 1.29 is 9.47 Å². The molecule has 4 heterocycles. The number of morpholine rings is 2. The number of fused-ring (bicyclic) bond motifs is 1. The topological polar surface area (TPSA) is 33.7 Å². The molecule has 21 heavy (non-hydrogen) atoms. The van der Waals surface area contributed by atoms with Gasteiger partial charge in [0.05, 0.1) is 36.5 Å². The van der Waals surface area contributed by atoms with Gasteiger partial charge in [0.15, 0.2) is 0 Å². The van der Waals surface area contributed by atoms with Gasteiger partial charge in [-0.25, -0.2) is 0 Å². The number of hydrogen-bond donors (Lipinski definition) is 1. The highest BCUT2D eigenvalue weighted by molar-refractivity contribution is 5.19. The standard InChI is InChI=1S/C17H26N2O2/c1-3-9-14-17-13(7-8-18-14)21-12-6-2-5-11-16(12)19(17)15(9)10(4-1)20-11/h9-18H,1-8H2. The number of nitrogens with one attached hydrogen (secondary N) is 1. The van der Waals surface area contributed by atoms with E-state index in [2.05, 4.69) is 10.2 Å². The maximum Gasteiger partial charge on any atom is 0.0762 e. The lowest BCUT2D eigenvalue weighted by Crippen LogP contribution is -2.73. The van der Waals surface area contributed by atoms with Crippen LogP contribution in [-0.4, -0.2) is 60.0 Å². The normalized spacial score (nSPS) is 61.4. The lowest BCUT2D eigenvalue weighted by molar-refractivity contribution is -0.255. The van der Waals surface area contributed by atoms with Crippen LogP contribution in [0.5, 0.6) is 0 Å². The van der Waals surface area contributed by atoms with Crippen LogP contribution >= 0.6 is 0 Å². The molecule has 6 fully saturated rings. The number of nitrogens with zero attached hydrogens (tertiary/aromatic N) is 1. The van der Waals surface area contributed by atoms with Gasteiger partial charge >= 0.3 is 0 Å². The maximum absolute atomic E-state index is 6.63. The molecule has 0 aromatic heterocycles. The Hall–Kier alpha value is -0.160. The zero-order valence-electron chi connectivity index (χ0n) is 12.6. The second-order valence-corrected chi connectivity index (χ2v) is 8.14. The minimum atomic E-state index is 0.449. The molecule has 116 valence electrons. The van der Waals surface area contributed by atoms with E-state index in [-0.39, 0.29) is 0 Å². The zero-order chi connectivity index (χ0) is 13.6. The van der Waals surface area contributed by atoms with E-state index in [0.717, 1.165) is 12.5 Å². The van der Waals surface area contributed by atoms with Crippen LogP contribution in [0.1, 0.15) is 44.9 Å². The van der Waals surface area contributed by atoms with Crippen LogP contribution in [0.25, 0.3) is 0 Å². The van der Waals surface area contributed by atoms with Gasteiger partial charge in [-0.3, -0.25) is 4.90 Å². The van der Waals surface area contributed by atoms with E-state index in [1.54, 1.807) is 0 Å². The smallest absolute Gasteiger partial charge is 0.0762 e. The van der Waals surface area contributed by atoms with Crippen molar-refractivity contribution in [3.63, 3.8) is 0 Å². The highest BCUT2D eigenvalue weighted by Crippen LogP contribution is 2.53. The van der Waals surface area contributed by atoms with Crippen LogP contribution in [0.2, 0.25) is 0 Å². The monoisotopic (exact) mass is 290 g/mol. The summed E-state index contributed by atoms with van der Waals surface area (Å²) < 4.78 is 13.2. The van der Waals surface area contributed by atoms with E-state index in [1.807, 2.05) is 0 Å². The van der Waals surface area contributed by atoms with Crippen LogP contribution in [-0.2, 0) is 9.47 Å². The molecule has 4 saturated heterocycles. The molecule has 0 radical (unpaired) electrons. The summed E-state index contributed by atoms with van der Waals surface area (Å²) in [7, 11) is 0. The van der Waals surface area contributed by atoms with Crippen molar-refractivity contribution in [3.8, 4) is 0 Å². The summed E-state index contributed by atoms with van der Waals surface area (Å²) in [5.74, 6) is 0.807. The first-order valence-electron chi connectivity index (χ1n) is 9.23. The minimum Gasteiger partial charge on any atom is -0.372 e. The average Bonchev–Trinajstić information content (AvgIpc) is 2.86. The Bertz CT molecular complexity index is 420. The summed E-state index contributed by atoms with van der Waals surface area (Å²) in [6.07, 6.45) is 10.9. The van der Waals surface area contributed by atoms with Gasteiger partial charge in [0, 0.05) is 12.1 Å². The Morgan fingerprint density at radius 3 is 2.19 bits per heavy atom. The van der Waals surface area contributed by atoms with Gasteiger partial charge in [0.1, 0.15) is 0 Å². The molecule has 9 unspecified atom stereocenters. The molecule has 2 saturated carbocycles. The van der Waals surface area contributed by atoms with Gasteiger partial charge in [-0.2, -0.15) is 0 Å². The van der Waals surface area contributed by atoms with Crippen LogP contribution in [0, 0.1) is 5.92 Å². The van der Waals surface area contributed by atoms with Crippen LogP contribution in [0.3, 0.4) is 0 Å². The molecular weight excluding hydrogens is 264 g/mol. The average molecular weight is 290 g/mol. The van der Waals surface area contributed by atoms with E-state index in [4.69, 9.17) is 9.47 Å². The number of ether oxygens (including phenoxy) is 2. The molecule has 0 bridgehead atoms. The Morgan fingerprint density at radius 2 is 1.38 bits per heavy atom. The fraction of sp³-hybridized carbons (Fsp3) is 1.00. The van der Waals surface area contributed by atoms with Gasteiger partial charge < -0.3 is 14.8 Å². The molecule has 2 aliphatic carbocycles. The van der Waals surface area contributed by atoms with Crippen LogP contribution < -0.4 is 5.32 Å². The van der Waals surface area contributed by atoms with E-state index >= 15 is 0 Å². The van der Waals surface area contributed by atoms with Crippen molar-refractivity contribution in [2.75, 3.05) is 6.54 Å². The Kier molecular flexibility index (Phi) is 2.47. The molecular formula is C17H26N2O2. The van der Waals surface area contributed by atoms with Gasteiger partial charge in [-0.1, -0.05) is 6.42 Å². The third-order valence-corrected chi connectivity index (χ3v) is 7.34. The van der Waals surface area contributed by atoms with Crippen molar-refractivity contribution in [2.24, 2.45) is 5.92 Å². The van der Waals surface area contributed by atoms with Crippen LogP contribution in [0.15, 0.2) is 0 Å². The molecule has 6 rings (SSSR count). The minimum absolute atomic E-state index is 0.449. The fourth-order valence-corrected chi connectivity index (χ4v) is 6.80. The van der Waals surface area contributed by atoms with Gasteiger partial charge in [-0.05, 0) is 51.0 Å². The highest BCUT2D eigenvalue weighted by atomic mass is 16.5. The quantitative estimate of drug-likeness (QED) is 0.729.